The molecule has 0 aromatic carbocycles. The van der Waals surface area contributed by atoms with Crippen LogP contribution in [0.4, 0.5) is 0 Å². The van der Waals surface area contributed by atoms with Gasteiger partial charge in [0.05, 0.1) is 0 Å². The molecule has 0 amide bonds. The molecule has 0 aromatic heterocycles. The van der Waals surface area contributed by atoms with Gasteiger partial charge >= 0.3 is 103 Å². The van der Waals surface area contributed by atoms with Gasteiger partial charge in [-0.2, -0.15) is 0 Å². The van der Waals surface area contributed by atoms with Gasteiger partial charge in [0.1, 0.15) is 0 Å². The van der Waals surface area contributed by atoms with Crippen LogP contribution < -0.4 is 0 Å². The van der Waals surface area contributed by atoms with E-state index < -0.39 is 26.5 Å². The molecular weight excluding hydrogens is 331 g/mol. The molecule has 1 aliphatic rings. The van der Waals surface area contributed by atoms with E-state index >= 15 is 0 Å². The van der Waals surface area contributed by atoms with Crippen molar-refractivity contribution in [2.24, 2.45) is 0 Å². The van der Waals surface area contributed by atoms with E-state index in [-0.39, 0.29) is 0 Å². The third-order valence-corrected chi connectivity index (χ3v) is 20.6. The van der Waals surface area contributed by atoms with E-state index in [0.717, 1.165) is 4.21 Å². The first-order valence-electron chi connectivity index (χ1n) is 5.20. The van der Waals surface area contributed by atoms with Crippen LogP contribution in [0.25, 0.3) is 0 Å². The summed E-state index contributed by atoms with van der Waals surface area (Å²) >= 11 is 2.64. The molecule has 0 fully saturated rings. The molecule has 1 atom stereocenters. The fourth-order valence-corrected chi connectivity index (χ4v) is 15.8. The van der Waals surface area contributed by atoms with Gasteiger partial charge in [-0.1, -0.05) is 0 Å². The van der Waals surface area contributed by atoms with Crippen LogP contribution in [0.1, 0.15) is 0 Å². The zero-order valence-electron chi connectivity index (χ0n) is 10.2. The molecule has 0 aliphatic carbocycles. The normalized spacial score (nSPS) is 24.7. The molecule has 1 unspecified atom stereocenters. The zero-order valence-corrected chi connectivity index (χ0v) is 15.7. The van der Waals surface area contributed by atoms with Crippen molar-refractivity contribution in [3.05, 3.63) is 9.00 Å². The van der Waals surface area contributed by atoms with Crippen LogP contribution in [-0.4, -0.2) is 36.4 Å². The van der Waals surface area contributed by atoms with E-state index in [1.807, 2.05) is 2.92 Å². The van der Waals surface area contributed by atoms with Gasteiger partial charge in [-0.25, -0.2) is 0 Å². The van der Waals surface area contributed by atoms with Gasteiger partial charge in [0.25, 0.3) is 0 Å². The topological polar surface area (TPSA) is 0 Å². The van der Waals surface area contributed by atoms with Gasteiger partial charge in [0.2, 0.25) is 0 Å². The summed E-state index contributed by atoms with van der Waals surface area (Å²) in [5.41, 5.74) is 0. The Labute approximate surface area is 103 Å². The third kappa shape index (κ3) is 3.79. The first-order valence-corrected chi connectivity index (χ1v) is 20.7. The predicted molar refractivity (Wildman–Crippen MR) is 78.6 cm³/mol. The number of rotatable bonds is 2. The molecular formula is C10H22S2SiSn. The van der Waals surface area contributed by atoms with E-state index in [4.69, 9.17) is 0 Å². The molecule has 1 rings (SSSR count). The average Bonchev–Trinajstić information content (AvgIpc) is 2.01. The van der Waals surface area contributed by atoms with Gasteiger partial charge in [-0.15, -0.1) is 0 Å². The van der Waals surface area contributed by atoms with Crippen molar-refractivity contribution in [2.75, 3.05) is 5.75 Å². The van der Waals surface area contributed by atoms with Gasteiger partial charge in [-0.05, 0) is 0 Å². The summed E-state index contributed by atoms with van der Waals surface area (Å²) in [7, 11) is -0.958. The molecule has 0 radical (unpaired) electrons. The maximum absolute atomic E-state index is 2.53. The Balaban J connectivity index is 2.73. The van der Waals surface area contributed by atoms with Crippen LogP contribution in [0.2, 0.25) is 34.5 Å². The summed E-state index contributed by atoms with van der Waals surface area (Å²) in [6.45, 7) is 7.50. The van der Waals surface area contributed by atoms with E-state index in [2.05, 4.69) is 64.1 Å². The summed E-state index contributed by atoms with van der Waals surface area (Å²) < 4.78 is 2.71. The molecule has 0 spiro atoms. The van der Waals surface area contributed by atoms with Crippen molar-refractivity contribution in [1.82, 2.24) is 0 Å². The fraction of sp³-hybridized carbons (Fsp3) is 0.800. The van der Waals surface area contributed by atoms with Crippen molar-refractivity contribution in [1.29, 1.82) is 0 Å². The van der Waals surface area contributed by atoms with Crippen LogP contribution in [0.3, 0.4) is 0 Å². The van der Waals surface area contributed by atoms with Crippen LogP contribution in [0, 0.1) is 0 Å². The van der Waals surface area contributed by atoms with Crippen LogP contribution in [0.15, 0.2) is 9.00 Å². The van der Waals surface area contributed by atoms with Crippen molar-refractivity contribution in [3.63, 3.8) is 0 Å². The van der Waals surface area contributed by atoms with Crippen LogP contribution in [-0.2, 0) is 0 Å². The summed E-state index contributed by atoms with van der Waals surface area (Å²) in [6, 6.07) is 0. The Hall–Kier alpha value is 1.46. The van der Waals surface area contributed by atoms with Crippen molar-refractivity contribution in [2.45, 2.75) is 38.7 Å². The van der Waals surface area contributed by atoms with E-state index in [0.29, 0.717) is 0 Å². The number of thioether (sulfide) groups is 2. The first kappa shape index (κ1) is 13.5. The van der Waals surface area contributed by atoms with Crippen molar-refractivity contribution < 1.29 is 0 Å². The summed E-state index contributed by atoms with van der Waals surface area (Å²) in [6.07, 6.45) is 2.52. The van der Waals surface area contributed by atoms with Crippen LogP contribution in [0.5, 0.6) is 0 Å². The molecule has 0 saturated heterocycles. The molecule has 0 nitrogen and oxygen atoms in total. The molecule has 0 bridgehead atoms. The summed E-state index contributed by atoms with van der Waals surface area (Å²) in [4.78, 5) is 7.60. The molecule has 1 aliphatic heterocycles. The van der Waals surface area contributed by atoms with Crippen molar-refractivity contribution in [3.8, 4) is 0 Å². The number of hydrogen-bond acceptors (Lipinski definition) is 2. The molecule has 1 heterocycles. The Morgan fingerprint density at radius 1 is 1.29 bits per heavy atom. The van der Waals surface area contributed by atoms with E-state index in [9.17, 15) is 0 Å². The first-order chi connectivity index (χ1) is 6.21. The quantitative estimate of drug-likeness (QED) is 0.674. The SMILES string of the molecule is C[Si](C)(C)C1SCC=[C]([Sn]([CH3])([CH3])[CH3])S1. The third-order valence-electron chi connectivity index (χ3n) is 2.20. The van der Waals surface area contributed by atoms with E-state index in [1.54, 1.807) is 0 Å². The zero-order chi connectivity index (χ0) is 11.0. The maximum atomic E-state index is 2.53. The summed E-state index contributed by atoms with van der Waals surface area (Å²) in [5, 5.41) is 0. The van der Waals surface area contributed by atoms with Gasteiger partial charge in [0, 0.05) is 0 Å². The minimum atomic E-state index is -1.76. The van der Waals surface area contributed by atoms with Gasteiger partial charge in [-0.3, -0.25) is 0 Å². The summed E-state index contributed by atoms with van der Waals surface area (Å²) in [5.74, 6) is 1.27. The minimum absolute atomic E-state index is 0.901. The molecule has 14 heavy (non-hydrogen) atoms. The Bertz CT molecular complexity index is 237. The monoisotopic (exact) mass is 354 g/mol. The second-order valence-corrected chi connectivity index (χ2v) is 30.1. The second-order valence-electron chi connectivity index (χ2n) is 5.97. The van der Waals surface area contributed by atoms with Gasteiger partial charge < -0.3 is 0 Å². The molecule has 4 heteroatoms. The molecule has 0 N–H and O–H groups in total. The van der Waals surface area contributed by atoms with E-state index in [1.165, 1.54) is 5.75 Å². The standard InChI is InChI=1S/C7H13S2Si.3CH3.Sn/c1-10(2,3)7-8-5-4-6-9-7;;;;/h4,7H,5H2,1-3H3;3*1H3;. The second kappa shape index (κ2) is 4.76. The average molecular weight is 353 g/mol. The molecule has 0 saturated carbocycles. The van der Waals surface area contributed by atoms with Gasteiger partial charge in [0.15, 0.2) is 0 Å². The Morgan fingerprint density at radius 2 is 1.86 bits per heavy atom. The molecule has 82 valence electrons. The fourth-order valence-electron chi connectivity index (χ4n) is 1.32. The Kier molecular flexibility index (Phi) is 4.59. The van der Waals surface area contributed by atoms with Crippen LogP contribution >= 0.6 is 23.5 Å². The molecule has 0 aromatic rings. The predicted octanol–water partition coefficient (Wildman–Crippen LogP) is 4.43. The Morgan fingerprint density at radius 3 is 2.29 bits per heavy atom. The number of hydrogen-bond donors (Lipinski definition) is 0. The van der Waals surface area contributed by atoms with Crippen molar-refractivity contribution >= 4 is 50.0 Å².